The Morgan fingerprint density at radius 2 is 1.90 bits per heavy atom. The molecular formula is C14H26N2O2S2. The van der Waals surface area contributed by atoms with Crippen molar-refractivity contribution in [1.29, 1.82) is 0 Å². The fourth-order valence-corrected chi connectivity index (χ4v) is 6.23. The van der Waals surface area contributed by atoms with E-state index in [4.69, 9.17) is 4.74 Å². The topological polar surface area (TPSA) is 50.4 Å². The number of rotatable bonds is 2. The molecule has 2 aliphatic rings. The highest BCUT2D eigenvalue weighted by atomic mass is 33.1. The molecule has 2 rings (SSSR count). The predicted octanol–water partition coefficient (Wildman–Crippen LogP) is 2.20. The Bertz CT molecular complexity index is 286. The summed E-state index contributed by atoms with van der Waals surface area (Å²) >= 11 is 0. The van der Waals surface area contributed by atoms with Crippen LogP contribution in [0.2, 0.25) is 0 Å². The second-order valence-corrected chi connectivity index (χ2v) is 8.54. The van der Waals surface area contributed by atoms with Crippen LogP contribution in [0.25, 0.3) is 0 Å². The van der Waals surface area contributed by atoms with Gasteiger partial charge in [-0.25, -0.2) is 0 Å². The Morgan fingerprint density at radius 3 is 2.60 bits per heavy atom. The first-order valence-electron chi connectivity index (χ1n) is 7.66. The quantitative estimate of drug-likeness (QED) is 0.601. The molecule has 2 fully saturated rings. The van der Waals surface area contributed by atoms with E-state index in [0.717, 1.165) is 51.9 Å². The van der Waals surface area contributed by atoms with E-state index >= 15 is 0 Å². The van der Waals surface area contributed by atoms with Crippen LogP contribution in [0.5, 0.6) is 0 Å². The number of ether oxygens (including phenoxy) is 1. The van der Waals surface area contributed by atoms with Gasteiger partial charge in [-0.05, 0) is 58.2 Å². The van der Waals surface area contributed by atoms with Crippen molar-refractivity contribution in [2.75, 3.05) is 31.9 Å². The van der Waals surface area contributed by atoms with Gasteiger partial charge in [0.15, 0.2) is 0 Å². The molecule has 2 atom stereocenters. The number of hydrogen-bond acceptors (Lipinski definition) is 6. The number of carbonyl (C=O) groups excluding carboxylic acids is 1. The van der Waals surface area contributed by atoms with E-state index in [2.05, 4.69) is 21.4 Å². The van der Waals surface area contributed by atoms with Gasteiger partial charge in [-0.15, -0.1) is 0 Å². The van der Waals surface area contributed by atoms with E-state index in [-0.39, 0.29) is 6.10 Å². The van der Waals surface area contributed by atoms with Crippen LogP contribution in [-0.2, 0) is 9.53 Å². The van der Waals surface area contributed by atoms with Crippen molar-refractivity contribution in [2.24, 2.45) is 0 Å². The third-order valence-electron chi connectivity index (χ3n) is 4.09. The fraction of sp³-hybridized carbons (Fsp3) is 0.929. The maximum atomic E-state index is 10.5. The van der Waals surface area contributed by atoms with Gasteiger partial charge in [0.1, 0.15) is 6.10 Å². The third kappa shape index (κ3) is 5.47. The molecule has 1 spiro atoms. The first-order valence-corrected chi connectivity index (χ1v) is 9.98. The Labute approximate surface area is 129 Å². The van der Waals surface area contributed by atoms with Crippen molar-refractivity contribution in [3.05, 3.63) is 0 Å². The highest BCUT2D eigenvalue weighted by Crippen LogP contribution is 2.48. The molecule has 4 nitrogen and oxygen atoms in total. The molecule has 2 saturated heterocycles. The van der Waals surface area contributed by atoms with Crippen LogP contribution in [0, 0.1) is 0 Å². The van der Waals surface area contributed by atoms with Gasteiger partial charge in [-0.2, -0.15) is 0 Å². The Hall–Kier alpha value is 0.0900. The molecule has 2 aliphatic heterocycles. The van der Waals surface area contributed by atoms with Gasteiger partial charge in [-0.3, -0.25) is 4.79 Å². The standard InChI is InChI=1S/C14H26N2O2S2/c17-12-18-13-3-1-7-15-9-5-14(6-10-19-20-14)11-16-8-2-4-13/h12-13,15-16H,1-11H2. The lowest BCUT2D eigenvalue weighted by Crippen LogP contribution is -2.39. The minimum Gasteiger partial charge on any atom is -0.465 e. The van der Waals surface area contributed by atoms with Crippen molar-refractivity contribution >= 4 is 28.1 Å². The van der Waals surface area contributed by atoms with Crippen molar-refractivity contribution < 1.29 is 9.53 Å². The summed E-state index contributed by atoms with van der Waals surface area (Å²) in [4.78, 5) is 10.5. The summed E-state index contributed by atoms with van der Waals surface area (Å²) in [6.07, 6.45) is 6.77. The largest absolute Gasteiger partial charge is 0.465 e. The van der Waals surface area contributed by atoms with Crippen molar-refractivity contribution in [3.8, 4) is 0 Å². The van der Waals surface area contributed by atoms with Gasteiger partial charge in [0.2, 0.25) is 0 Å². The first-order chi connectivity index (χ1) is 9.85. The molecule has 6 heteroatoms. The maximum Gasteiger partial charge on any atom is 0.293 e. The van der Waals surface area contributed by atoms with Crippen LogP contribution in [-0.4, -0.2) is 49.3 Å². The molecular weight excluding hydrogens is 292 g/mol. The molecule has 0 saturated carbocycles. The van der Waals surface area contributed by atoms with Gasteiger partial charge in [0, 0.05) is 17.0 Å². The third-order valence-corrected chi connectivity index (χ3v) is 7.40. The van der Waals surface area contributed by atoms with Crippen LogP contribution in [0.15, 0.2) is 0 Å². The number of hydrogen-bond donors (Lipinski definition) is 2. The Morgan fingerprint density at radius 1 is 1.10 bits per heavy atom. The molecule has 2 N–H and O–H groups in total. The lowest BCUT2D eigenvalue weighted by molar-refractivity contribution is -0.134. The van der Waals surface area contributed by atoms with E-state index in [9.17, 15) is 4.79 Å². The van der Waals surface area contributed by atoms with Crippen LogP contribution in [0.4, 0.5) is 0 Å². The average Bonchev–Trinajstić information content (AvgIpc) is 2.91. The molecule has 0 bridgehead atoms. The molecule has 0 aliphatic carbocycles. The molecule has 0 aromatic heterocycles. The molecule has 0 amide bonds. The van der Waals surface area contributed by atoms with Gasteiger partial charge in [0.25, 0.3) is 6.47 Å². The van der Waals surface area contributed by atoms with Gasteiger partial charge in [0.05, 0.1) is 0 Å². The smallest absolute Gasteiger partial charge is 0.293 e. The molecule has 116 valence electrons. The number of carbonyl (C=O) groups is 1. The lowest BCUT2D eigenvalue weighted by Gasteiger charge is -2.27. The fourth-order valence-electron chi connectivity index (χ4n) is 2.83. The number of nitrogens with one attached hydrogen (secondary N) is 2. The van der Waals surface area contributed by atoms with Crippen molar-refractivity contribution in [2.45, 2.75) is 49.4 Å². The lowest BCUT2D eigenvalue weighted by atomic mass is 10.0. The highest BCUT2D eigenvalue weighted by molar-refractivity contribution is 8.77. The second kappa shape index (κ2) is 9.18. The molecule has 2 heterocycles. The summed E-state index contributed by atoms with van der Waals surface area (Å²) in [6, 6.07) is 0. The molecule has 0 radical (unpaired) electrons. The van der Waals surface area contributed by atoms with Crippen molar-refractivity contribution in [3.63, 3.8) is 0 Å². The molecule has 0 aromatic carbocycles. The molecule has 20 heavy (non-hydrogen) atoms. The summed E-state index contributed by atoms with van der Waals surface area (Å²) in [5.41, 5.74) is 0. The van der Waals surface area contributed by atoms with Gasteiger partial charge < -0.3 is 15.4 Å². The summed E-state index contributed by atoms with van der Waals surface area (Å²) in [5.74, 6) is 1.28. The van der Waals surface area contributed by atoms with E-state index in [0.29, 0.717) is 11.2 Å². The van der Waals surface area contributed by atoms with Gasteiger partial charge >= 0.3 is 0 Å². The van der Waals surface area contributed by atoms with Crippen LogP contribution in [0.3, 0.4) is 0 Å². The maximum absolute atomic E-state index is 10.5. The monoisotopic (exact) mass is 318 g/mol. The van der Waals surface area contributed by atoms with E-state index in [1.165, 1.54) is 18.6 Å². The van der Waals surface area contributed by atoms with Gasteiger partial charge in [-0.1, -0.05) is 21.6 Å². The Balaban J connectivity index is 1.81. The summed E-state index contributed by atoms with van der Waals surface area (Å²) in [7, 11) is 4.09. The minimum atomic E-state index is 0.0993. The summed E-state index contributed by atoms with van der Waals surface area (Å²) in [6.45, 7) is 4.85. The van der Waals surface area contributed by atoms with E-state index in [1.54, 1.807) is 0 Å². The summed E-state index contributed by atoms with van der Waals surface area (Å²) in [5, 5.41) is 7.16. The SMILES string of the molecule is O=COC1CCCNCCC2(CCSS2)CNCCC1. The highest BCUT2D eigenvalue weighted by Gasteiger charge is 2.34. The normalized spacial score (nSPS) is 33.9. The zero-order chi connectivity index (χ0) is 14.1. The molecule has 2 unspecified atom stereocenters. The average molecular weight is 319 g/mol. The second-order valence-electron chi connectivity index (χ2n) is 5.65. The predicted molar refractivity (Wildman–Crippen MR) is 87.2 cm³/mol. The minimum absolute atomic E-state index is 0.0993. The van der Waals surface area contributed by atoms with Crippen LogP contribution >= 0.6 is 21.6 Å². The van der Waals surface area contributed by atoms with Crippen LogP contribution in [0.1, 0.15) is 38.5 Å². The Kier molecular flexibility index (Phi) is 7.55. The zero-order valence-electron chi connectivity index (χ0n) is 12.1. The van der Waals surface area contributed by atoms with Crippen molar-refractivity contribution in [1.82, 2.24) is 10.6 Å². The van der Waals surface area contributed by atoms with E-state index < -0.39 is 0 Å². The van der Waals surface area contributed by atoms with E-state index in [1.807, 2.05) is 10.8 Å². The molecule has 0 aromatic rings. The van der Waals surface area contributed by atoms with Crippen LogP contribution < -0.4 is 10.6 Å². The summed E-state index contributed by atoms with van der Waals surface area (Å²) < 4.78 is 5.59. The zero-order valence-corrected chi connectivity index (χ0v) is 13.7. The first kappa shape index (κ1) is 16.5.